The van der Waals surface area contributed by atoms with E-state index in [9.17, 15) is 0 Å². The second kappa shape index (κ2) is 12.2. The molecule has 0 aliphatic rings. The maximum Gasteiger partial charge on any atom is 0.121 e. The number of hydrogen-bond acceptors (Lipinski definition) is 4. The van der Waals surface area contributed by atoms with Crippen LogP contribution in [0.1, 0.15) is 39.0 Å². The van der Waals surface area contributed by atoms with Crippen molar-refractivity contribution >= 4 is 37.7 Å². The second-order valence-corrected chi connectivity index (χ2v) is 8.25. The third-order valence-corrected chi connectivity index (χ3v) is 5.55. The molecule has 0 aliphatic heterocycles. The fourth-order valence-corrected chi connectivity index (χ4v) is 3.84. The van der Waals surface area contributed by atoms with Gasteiger partial charge in [-0.2, -0.15) is 4.73 Å². The Balaban J connectivity index is 1.73. The van der Waals surface area contributed by atoms with E-state index < -0.39 is 0 Å². The van der Waals surface area contributed by atoms with Gasteiger partial charge in [0.25, 0.3) is 0 Å². The Kier molecular flexibility index (Phi) is 9.30. The van der Waals surface area contributed by atoms with E-state index in [4.69, 9.17) is 19.0 Å². The molecular formula is C24H32BrNO4. The Bertz CT molecular complexity index is 924. The molecule has 30 heavy (non-hydrogen) atoms. The minimum Gasteiger partial charge on any atom is -0.491 e. The summed E-state index contributed by atoms with van der Waals surface area (Å²) >= 11 is 3.59. The molecule has 6 heteroatoms. The van der Waals surface area contributed by atoms with Crippen molar-refractivity contribution in [2.24, 2.45) is 0 Å². The van der Waals surface area contributed by atoms with Crippen molar-refractivity contribution in [3.8, 4) is 5.75 Å². The Labute approximate surface area is 187 Å². The summed E-state index contributed by atoms with van der Waals surface area (Å²) in [6.45, 7) is 5.14. The Morgan fingerprint density at radius 1 is 0.800 bits per heavy atom. The highest BCUT2D eigenvalue weighted by molar-refractivity contribution is 9.10. The molecule has 0 atom stereocenters. The third-order valence-electron chi connectivity index (χ3n) is 5.05. The molecule has 0 spiro atoms. The van der Waals surface area contributed by atoms with Gasteiger partial charge in [-0.25, -0.2) is 0 Å². The highest BCUT2D eigenvalue weighted by Gasteiger charge is 2.13. The molecule has 3 rings (SSSR count). The predicted molar refractivity (Wildman–Crippen MR) is 126 cm³/mol. The first-order valence-corrected chi connectivity index (χ1v) is 11.6. The van der Waals surface area contributed by atoms with Crippen molar-refractivity contribution < 1.29 is 19.0 Å². The number of methoxy groups -OCH3 is 1. The number of halogens is 1. The molecule has 0 saturated heterocycles. The first-order chi connectivity index (χ1) is 14.7. The molecule has 0 fully saturated rings. The molecule has 0 radical (unpaired) electrons. The maximum absolute atomic E-state index is 6.23. The molecule has 0 amide bonds. The van der Waals surface area contributed by atoms with Crippen molar-refractivity contribution in [1.82, 2.24) is 4.73 Å². The number of nitrogens with zero attached hydrogens (tertiary/aromatic N) is 1. The molecule has 0 unspecified atom stereocenters. The Hall–Kier alpha value is -1.76. The summed E-state index contributed by atoms with van der Waals surface area (Å²) in [4.78, 5) is 6.23. The fraction of sp³-hybridized carbons (Fsp3) is 0.500. The first-order valence-electron chi connectivity index (χ1n) is 10.8. The highest BCUT2D eigenvalue weighted by Crippen LogP contribution is 2.32. The van der Waals surface area contributed by atoms with Crippen LogP contribution in [0.25, 0.3) is 21.8 Å². The zero-order chi connectivity index (χ0) is 21.2. The summed E-state index contributed by atoms with van der Waals surface area (Å²) in [7, 11) is 1.67. The van der Waals surface area contributed by atoms with Gasteiger partial charge in [0.2, 0.25) is 0 Å². The first kappa shape index (κ1) is 22.9. The minimum absolute atomic E-state index is 0.499. The summed E-state index contributed by atoms with van der Waals surface area (Å²) in [6, 6.07) is 12.5. The molecule has 5 nitrogen and oxygen atoms in total. The average Bonchev–Trinajstić information content (AvgIpc) is 3.05. The van der Waals surface area contributed by atoms with E-state index in [-0.39, 0.29) is 0 Å². The summed E-state index contributed by atoms with van der Waals surface area (Å²) < 4.78 is 19.3. The van der Waals surface area contributed by atoms with Crippen molar-refractivity contribution in [1.29, 1.82) is 0 Å². The van der Waals surface area contributed by atoms with E-state index in [0.29, 0.717) is 33.0 Å². The topological polar surface area (TPSA) is 41.9 Å². The minimum atomic E-state index is 0.499. The van der Waals surface area contributed by atoms with Crippen molar-refractivity contribution in [2.45, 2.75) is 39.0 Å². The van der Waals surface area contributed by atoms with Gasteiger partial charge in [0.1, 0.15) is 19.0 Å². The molecule has 0 N–H and O–H groups in total. The van der Waals surface area contributed by atoms with Gasteiger partial charge in [0, 0.05) is 28.4 Å². The average molecular weight is 478 g/mol. The van der Waals surface area contributed by atoms with Crippen LogP contribution in [0.5, 0.6) is 5.75 Å². The van der Waals surface area contributed by atoms with E-state index >= 15 is 0 Å². The summed E-state index contributed by atoms with van der Waals surface area (Å²) in [5.74, 6) is 0.813. The van der Waals surface area contributed by atoms with E-state index in [1.54, 1.807) is 7.11 Å². The number of ether oxygens (including phenoxy) is 3. The zero-order valence-corrected chi connectivity index (χ0v) is 19.6. The van der Waals surface area contributed by atoms with Crippen LogP contribution in [0.4, 0.5) is 0 Å². The maximum atomic E-state index is 6.23. The molecule has 0 bridgehead atoms. The van der Waals surface area contributed by atoms with Crippen molar-refractivity contribution in [3.63, 3.8) is 0 Å². The summed E-state index contributed by atoms with van der Waals surface area (Å²) in [5.41, 5.74) is 2.09. The number of benzene rings is 2. The SMILES string of the molecule is CCCCCCCOn1c2cc(Br)ccc2c2ccc(OCCOCCOC)cc21. The van der Waals surface area contributed by atoms with Gasteiger partial charge in [-0.05, 0) is 37.1 Å². The molecule has 1 aromatic heterocycles. The lowest BCUT2D eigenvalue weighted by Gasteiger charge is -2.11. The lowest BCUT2D eigenvalue weighted by Crippen LogP contribution is -2.13. The van der Waals surface area contributed by atoms with Crippen LogP contribution in [0.15, 0.2) is 40.9 Å². The number of unbranched alkanes of at least 4 members (excludes halogenated alkanes) is 4. The second-order valence-electron chi connectivity index (χ2n) is 7.34. The lowest BCUT2D eigenvalue weighted by molar-refractivity contribution is 0.0544. The van der Waals surface area contributed by atoms with Gasteiger partial charge in [-0.15, -0.1) is 0 Å². The Morgan fingerprint density at radius 2 is 1.53 bits per heavy atom. The van der Waals surface area contributed by atoms with Crippen LogP contribution in [0.3, 0.4) is 0 Å². The smallest absolute Gasteiger partial charge is 0.121 e. The van der Waals surface area contributed by atoms with Gasteiger partial charge in [-0.1, -0.05) is 48.2 Å². The number of aromatic nitrogens is 1. The normalized spacial score (nSPS) is 11.4. The number of rotatable bonds is 14. The summed E-state index contributed by atoms with van der Waals surface area (Å²) in [6.07, 6.45) is 6.07. The fourth-order valence-electron chi connectivity index (χ4n) is 3.49. The molecule has 0 saturated carbocycles. The van der Waals surface area contributed by atoms with Crippen LogP contribution >= 0.6 is 15.9 Å². The van der Waals surface area contributed by atoms with E-state index in [1.165, 1.54) is 31.1 Å². The van der Waals surface area contributed by atoms with Gasteiger partial charge < -0.3 is 19.0 Å². The van der Waals surface area contributed by atoms with Crippen LogP contribution in [-0.4, -0.2) is 44.9 Å². The highest BCUT2D eigenvalue weighted by atomic mass is 79.9. The molecular weight excluding hydrogens is 446 g/mol. The molecule has 1 heterocycles. The molecule has 0 aliphatic carbocycles. The van der Waals surface area contributed by atoms with Crippen LogP contribution in [0, 0.1) is 0 Å². The van der Waals surface area contributed by atoms with Gasteiger partial charge in [-0.3, -0.25) is 0 Å². The van der Waals surface area contributed by atoms with Gasteiger partial charge >= 0.3 is 0 Å². The van der Waals surface area contributed by atoms with E-state index in [0.717, 1.165) is 33.1 Å². The quantitative estimate of drug-likeness (QED) is 0.267. The van der Waals surface area contributed by atoms with E-state index in [2.05, 4.69) is 53.2 Å². The van der Waals surface area contributed by atoms with Crippen LogP contribution < -0.4 is 9.57 Å². The van der Waals surface area contributed by atoms with Crippen LogP contribution in [-0.2, 0) is 9.47 Å². The van der Waals surface area contributed by atoms with Crippen molar-refractivity contribution in [3.05, 3.63) is 40.9 Å². The largest absolute Gasteiger partial charge is 0.491 e. The summed E-state index contributed by atoms with van der Waals surface area (Å²) in [5, 5.41) is 2.33. The van der Waals surface area contributed by atoms with Crippen molar-refractivity contribution in [2.75, 3.05) is 40.1 Å². The molecule has 2 aromatic carbocycles. The predicted octanol–water partition coefficient (Wildman–Crippen LogP) is 6.00. The standard InChI is InChI=1S/C24H32BrNO4/c1-3-4-5-6-7-12-30-26-23-17-19(25)8-10-21(23)22-11-9-20(18-24(22)26)29-16-15-28-14-13-27-2/h8-11,17-18H,3-7,12-16H2,1-2H3. The van der Waals surface area contributed by atoms with Gasteiger partial charge in [0.15, 0.2) is 0 Å². The van der Waals surface area contributed by atoms with E-state index in [1.807, 2.05) is 10.8 Å². The third kappa shape index (κ3) is 6.13. The van der Waals surface area contributed by atoms with Crippen LogP contribution in [0.2, 0.25) is 0 Å². The molecule has 164 valence electrons. The van der Waals surface area contributed by atoms with Gasteiger partial charge in [0.05, 0.1) is 30.9 Å². The number of hydrogen-bond donors (Lipinski definition) is 0. The lowest BCUT2D eigenvalue weighted by atomic mass is 10.1. The monoisotopic (exact) mass is 477 g/mol. The number of fused-ring (bicyclic) bond motifs is 3. The Morgan fingerprint density at radius 3 is 2.33 bits per heavy atom. The zero-order valence-electron chi connectivity index (χ0n) is 18.0. The molecule has 3 aromatic rings.